The molecular weight excluding hydrogens is 318 g/mol. The van der Waals surface area contributed by atoms with E-state index in [4.69, 9.17) is 4.74 Å². The second-order valence-corrected chi connectivity index (χ2v) is 6.71. The van der Waals surface area contributed by atoms with Gasteiger partial charge < -0.3 is 9.64 Å². The van der Waals surface area contributed by atoms with Crippen LogP contribution in [0.3, 0.4) is 0 Å². The fourth-order valence-electron chi connectivity index (χ4n) is 2.88. The van der Waals surface area contributed by atoms with Crippen molar-refractivity contribution in [2.24, 2.45) is 0 Å². The first kappa shape index (κ1) is 18.1. The van der Waals surface area contributed by atoms with Gasteiger partial charge in [0.1, 0.15) is 5.75 Å². The predicted molar refractivity (Wildman–Crippen MR) is 111 cm³/mol. The zero-order valence-electron chi connectivity index (χ0n) is 15.9. The molecule has 0 aliphatic rings. The summed E-state index contributed by atoms with van der Waals surface area (Å²) in [6.45, 7) is 7.16. The Morgan fingerprint density at radius 1 is 0.731 bits per heavy atom. The average Bonchev–Trinajstić information content (AvgIpc) is 2.66. The number of unbranched alkanes of at least 4 members (excludes halogenated alkanes) is 1. The number of hydrogen-bond donors (Lipinski definition) is 0. The van der Waals surface area contributed by atoms with Gasteiger partial charge in [-0.1, -0.05) is 54.8 Å². The topological polar surface area (TPSA) is 12.5 Å². The highest BCUT2D eigenvalue weighted by Gasteiger charge is 2.13. The Morgan fingerprint density at radius 2 is 1.31 bits per heavy atom. The molecule has 0 heterocycles. The zero-order valence-corrected chi connectivity index (χ0v) is 15.9. The summed E-state index contributed by atoms with van der Waals surface area (Å²) in [5, 5.41) is 0. The van der Waals surface area contributed by atoms with E-state index in [0.717, 1.165) is 42.3 Å². The molecule has 0 amide bonds. The van der Waals surface area contributed by atoms with E-state index < -0.39 is 0 Å². The van der Waals surface area contributed by atoms with Crippen LogP contribution in [0.1, 0.15) is 30.9 Å². The maximum Gasteiger partial charge on any atom is 0.121 e. The Balaban J connectivity index is 1.99. The van der Waals surface area contributed by atoms with Crippen LogP contribution in [0.4, 0.5) is 17.1 Å². The van der Waals surface area contributed by atoms with Gasteiger partial charge in [-0.25, -0.2) is 0 Å². The van der Waals surface area contributed by atoms with Crippen molar-refractivity contribution in [3.8, 4) is 5.75 Å². The van der Waals surface area contributed by atoms with Gasteiger partial charge in [-0.2, -0.15) is 0 Å². The van der Waals surface area contributed by atoms with E-state index in [9.17, 15) is 0 Å². The second-order valence-electron chi connectivity index (χ2n) is 6.71. The van der Waals surface area contributed by atoms with Crippen molar-refractivity contribution in [2.45, 2.75) is 33.6 Å². The number of nitrogens with zero attached hydrogens (tertiary/aromatic N) is 1. The van der Waals surface area contributed by atoms with E-state index in [1.54, 1.807) is 0 Å². The summed E-state index contributed by atoms with van der Waals surface area (Å²) < 4.78 is 5.92. The number of aryl methyl sites for hydroxylation is 2. The van der Waals surface area contributed by atoms with Gasteiger partial charge in [0.05, 0.1) is 6.61 Å². The largest absolute Gasteiger partial charge is 0.494 e. The normalized spacial score (nSPS) is 10.6. The molecule has 0 spiro atoms. The van der Waals surface area contributed by atoms with Crippen molar-refractivity contribution < 1.29 is 4.74 Å². The molecule has 0 fully saturated rings. The Labute approximate surface area is 157 Å². The first-order chi connectivity index (χ1) is 12.7. The third-order valence-corrected chi connectivity index (χ3v) is 4.43. The van der Waals surface area contributed by atoms with Crippen LogP contribution < -0.4 is 9.64 Å². The standard InChI is InChI=1S/C24H27NO/c1-4-5-17-26-24-8-6-7-23(18-24)25(21-13-9-19(2)10-14-21)22-15-11-20(3)12-16-22/h6-16,18H,4-5,17H2,1-3H3. The first-order valence-electron chi connectivity index (χ1n) is 9.33. The lowest BCUT2D eigenvalue weighted by atomic mass is 10.1. The lowest BCUT2D eigenvalue weighted by Gasteiger charge is -2.26. The van der Waals surface area contributed by atoms with Crippen molar-refractivity contribution >= 4 is 17.1 Å². The molecule has 0 radical (unpaired) electrons. The van der Waals surface area contributed by atoms with E-state index in [2.05, 4.69) is 92.4 Å². The minimum atomic E-state index is 0.759. The minimum absolute atomic E-state index is 0.759. The highest BCUT2D eigenvalue weighted by atomic mass is 16.5. The molecule has 0 saturated carbocycles. The maximum absolute atomic E-state index is 5.92. The highest BCUT2D eigenvalue weighted by Crippen LogP contribution is 2.36. The summed E-state index contributed by atoms with van der Waals surface area (Å²) in [4.78, 5) is 2.27. The van der Waals surface area contributed by atoms with Gasteiger partial charge in [-0.3, -0.25) is 0 Å². The molecule has 2 nitrogen and oxygen atoms in total. The summed E-state index contributed by atoms with van der Waals surface area (Å²) in [5.74, 6) is 0.917. The number of ether oxygens (including phenoxy) is 1. The molecule has 26 heavy (non-hydrogen) atoms. The van der Waals surface area contributed by atoms with Crippen LogP contribution in [0, 0.1) is 13.8 Å². The summed E-state index contributed by atoms with van der Waals surface area (Å²) in [6, 6.07) is 25.6. The molecule has 0 saturated heterocycles. The van der Waals surface area contributed by atoms with Crippen LogP contribution in [0.25, 0.3) is 0 Å². The molecule has 0 unspecified atom stereocenters. The Hall–Kier alpha value is -2.74. The monoisotopic (exact) mass is 345 g/mol. The molecule has 2 heteroatoms. The van der Waals surface area contributed by atoms with E-state index >= 15 is 0 Å². The van der Waals surface area contributed by atoms with Crippen molar-refractivity contribution in [1.29, 1.82) is 0 Å². The second kappa shape index (κ2) is 8.57. The Bertz CT molecular complexity index is 776. The molecule has 3 rings (SSSR count). The summed E-state index contributed by atoms with van der Waals surface area (Å²) >= 11 is 0. The van der Waals surface area contributed by atoms with Crippen LogP contribution in [0.15, 0.2) is 72.8 Å². The van der Waals surface area contributed by atoms with Crippen LogP contribution in [-0.4, -0.2) is 6.61 Å². The van der Waals surface area contributed by atoms with Crippen molar-refractivity contribution in [2.75, 3.05) is 11.5 Å². The van der Waals surface area contributed by atoms with E-state index in [1.807, 2.05) is 6.07 Å². The molecule has 134 valence electrons. The highest BCUT2D eigenvalue weighted by molar-refractivity contribution is 5.77. The van der Waals surface area contributed by atoms with Crippen LogP contribution in [0.2, 0.25) is 0 Å². The lowest BCUT2D eigenvalue weighted by molar-refractivity contribution is 0.309. The smallest absolute Gasteiger partial charge is 0.121 e. The van der Waals surface area contributed by atoms with Crippen LogP contribution in [-0.2, 0) is 0 Å². The van der Waals surface area contributed by atoms with E-state index in [0.29, 0.717) is 0 Å². The quantitative estimate of drug-likeness (QED) is 0.429. The number of benzene rings is 3. The molecule has 0 atom stereocenters. The first-order valence-corrected chi connectivity index (χ1v) is 9.33. The summed E-state index contributed by atoms with van der Waals surface area (Å²) in [7, 11) is 0. The Kier molecular flexibility index (Phi) is 5.96. The fraction of sp³-hybridized carbons (Fsp3) is 0.250. The van der Waals surface area contributed by atoms with Gasteiger partial charge >= 0.3 is 0 Å². The molecule has 0 N–H and O–H groups in total. The summed E-state index contributed by atoms with van der Waals surface area (Å²) in [5.41, 5.74) is 5.91. The van der Waals surface area contributed by atoms with Crippen molar-refractivity contribution in [1.82, 2.24) is 0 Å². The van der Waals surface area contributed by atoms with Crippen LogP contribution >= 0.6 is 0 Å². The molecular formula is C24H27NO. The van der Waals surface area contributed by atoms with Gasteiger partial charge in [-0.05, 0) is 56.7 Å². The van der Waals surface area contributed by atoms with Gasteiger partial charge in [0.15, 0.2) is 0 Å². The minimum Gasteiger partial charge on any atom is -0.494 e. The molecule has 3 aromatic rings. The number of anilines is 3. The van der Waals surface area contributed by atoms with Gasteiger partial charge in [0, 0.05) is 23.1 Å². The average molecular weight is 345 g/mol. The van der Waals surface area contributed by atoms with Crippen molar-refractivity contribution in [3.63, 3.8) is 0 Å². The zero-order chi connectivity index (χ0) is 18.4. The van der Waals surface area contributed by atoms with E-state index in [1.165, 1.54) is 11.1 Å². The number of rotatable bonds is 7. The fourth-order valence-corrected chi connectivity index (χ4v) is 2.88. The molecule has 0 aromatic heterocycles. The van der Waals surface area contributed by atoms with Gasteiger partial charge in [-0.15, -0.1) is 0 Å². The number of hydrogen-bond acceptors (Lipinski definition) is 2. The molecule has 0 bridgehead atoms. The molecule has 3 aromatic carbocycles. The summed E-state index contributed by atoms with van der Waals surface area (Å²) in [6.07, 6.45) is 2.21. The van der Waals surface area contributed by atoms with Gasteiger partial charge in [0.2, 0.25) is 0 Å². The molecule has 0 aliphatic carbocycles. The lowest BCUT2D eigenvalue weighted by Crippen LogP contribution is -2.10. The third kappa shape index (κ3) is 4.45. The van der Waals surface area contributed by atoms with Crippen LogP contribution in [0.5, 0.6) is 5.75 Å². The third-order valence-electron chi connectivity index (χ3n) is 4.43. The van der Waals surface area contributed by atoms with Crippen molar-refractivity contribution in [3.05, 3.63) is 83.9 Å². The molecule has 0 aliphatic heterocycles. The van der Waals surface area contributed by atoms with Gasteiger partial charge in [0.25, 0.3) is 0 Å². The maximum atomic E-state index is 5.92. The predicted octanol–water partition coefficient (Wildman–Crippen LogP) is 6.95. The van der Waals surface area contributed by atoms with E-state index in [-0.39, 0.29) is 0 Å². The Morgan fingerprint density at radius 3 is 1.85 bits per heavy atom. The SMILES string of the molecule is CCCCOc1cccc(N(c2ccc(C)cc2)c2ccc(C)cc2)c1.